The van der Waals surface area contributed by atoms with Gasteiger partial charge in [-0.05, 0) is 0 Å². The van der Waals surface area contributed by atoms with Crippen molar-refractivity contribution in [3.63, 3.8) is 0 Å². The fraction of sp³-hybridized carbons (Fsp3) is 0. The molecular formula is H6N3O4P. The van der Waals surface area contributed by atoms with Crippen molar-refractivity contribution in [3.8, 4) is 0 Å². The molecule has 0 aliphatic heterocycles. The summed E-state index contributed by atoms with van der Waals surface area (Å²) in [6.45, 7) is 0. The quantitative estimate of drug-likeness (QED) is 0.333. The standard InChI is InChI=1S/H6N3O4P/c1-5-8(4,6-2)7-3/h1-3H2. The average Bonchev–Trinajstić information content (AvgIpc) is 1.87. The first-order valence-electron chi connectivity index (χ1n) is 1.44. The molecule has 0 aromatic carbocycles. The second-order valence-electron chi connectivity index (χ2n) is 0.763. The number of rotatable bonds is 3. The van der Waals surface area contributed by atoms with Gasteiger partial charge < -0.3 is 0 Å². The summed E-state index contributed by atoms with van der Waals surface area (Å²) in [7, 11) is -3.83. The molecule has 0 radical (unpaired) electrons. The van der Waals surface area contributed by atoms with Crippen LogP contribution in [-0.2, 0) is 18.4 Å². The van der Waals surface area contributed by atoms with Crippen LogP contribution in [0.15, 0.2) is 0 Å². The van der Waals surface area contributed by atoms with Crippen molar-refractivity contribution in [3.05, 3.63) is 0 Å². The Kier molecular flexibility index (Phi) is 3.10. The van der Waals surface area contributed by atoms with Crippen LogP contribution in [0.3, 0.4) is 0 Å². The Labute approximate surface area is 45.1 Å². The molecule has 0 spiro atoms. The molecule has 0 unspecified atom stereocenters. The Morgan fingerprint density at radius 1 is 1.00 bits per heavy atom. The molecule has 7 nitrogen and oxygen atoms in total. The molecule has 0 aliphatic carbocycles. The van der Waals surface area contributed by atoms with Crippen LogP contribution >= 0.6 is 7.82 Å². The molecule has 0 saturated carbocycles. The van der Waals surface area contributed by atoms with Crippen molar-refractivity contribution in [2.45, 2.75) is 0 Å². The molecule has 8 heteroatoms. The third kappa shape index (κ3) is 1.85. The predicted molar refractivity (Wildman–Crippen MR) is 23.4 cm³/mol. The Hall–Kier alpha value is -0.0100. The maximum absolute atomic E-state index is 10.3. The summed E-state index contributed by atoms with van der Waals surface area (Å²) < 4.78 is 21.1. The SMILES string of the molecule is NOP(=O)(ON)ON. The van der Waals surface area contributed by atoms with Crippen molar-refractivity contribution >= 4 is 7.82 Å². The van der Waals surface area contributed by atoms with Crippen molar-refractivity contribution in [2.24, 2.45) is 17.7 Å². The van der Waals surface area contributed by atoms with Gasteiger partial charge in [0.1, 0.15) is 0 Å². The molecule has 8 heavy (non-hydrogen) atoms. The zero-order valence-corrected chi connectivity index (χ0v) is 4.71. The largest absolute Gasteiger partial charge is 0.523 e. The Balaban J connectivity index is 3.79. The highest BCUT2D eigenvalue weighted by Crippen LogP contribution is 2.42. The molecule has 0 saturated heterocycles. The van der Waals surface area contributed by atoms with Crippen LogP contribution in [-0.4, -0.2) is 0 Å². The lowest BCUT2D eigenvalue weighted by atomic mass is 13.6. The van der Waals surface area contributed by atoms with Gasteiger partial charge in [-0.3, -0.25) is 0 Å². The van der Waals surface area contributed by atoms with Gasteiger partial charge in [0.05, 0.1) is 0 Å². The molecular weight excluding hydrogens is 137 g/mol. The third-order valence-corrected chi connectivity index (χ3v) is 1.16. The minimum absolute atomic E-state index is 3.60. The van der Waals surface area contributed by atoms with E-state index in [0.29, 0.717) is 0 Å². The lowest BCUT2D eigenvalue weighted by Gasteiger charge is -2.05. The molecule has 0 aromatic rings. The molecule has 0 aliphatic rings. The van der Waals surface area contributed by atoms with Crippen molar-refractivity contribution in [2.75, 3.05) is 0 Å². The van der Waals surface area contributed by atoms with Gasteiger partial charge in [-0.25, -0.2) is 22.3 Å². The summed E-state index contributed by atoms with van der Waals surface area (Å²) in [5.74, 6) is 13.1. The molecule has 50 valence electrons. The van der Waals surface area contributed by atoms with Gasteiger partial charge in [0, 0.05) is 0 Å². The smallest absolute Gasteiger partial charge is 0.223 e. The minimum atomic E-state index is -3.83. The van der Waals surface area contributed by atoms with Crippen LogP contribution in [0, 0.1) is 0 Å². The van der Waals surface area contributed by atoms with E-state index in [2.05, 4.69) is 31.6 Å². The van der Waals surface area contributed by atoms with E-state index in [4.69, 9.17) is 0 Å². The van der Waals surface area contributed by atoms with E-state index in [0.717, 1.165) is 0 Å². The van der Waals surface area contributed by atoms with Gasteiger partial charge in [-0.15, -0.1) is 0 Å². The topological polar surface area (TPSA) is 123 Å². The minimum Gasteiger partial charge on any atom is -0.223 e. The number of hydrogen-bond donors (Lipinski definition) is 3. The average molecular weight is 143 g/mol. The first-order chi connectivity index (χ1) is 3.68. The van der Waals surface area contributed by atoms with E-state index in [1.807, 2.05) is 0 Å². The normalized spacial score (nSPS) is 11.9. The summed E-state index contributed by atoms with van der Waals surface area (Å²) >= 11 is 0. The van der Waals surface area contributed by atoms with Crippen LogP contribution in [0.25, 0.3) is 0 Å². The van der Waals surface area contributed by atoms with Gasteiger partial charge in [-0.2, -0.15) is 13.9 Å². The molecule has 0 rings (SSSR count). The fourth-order valence-corrected chi connectivity index (χ4v) is 0.224. The summed E-state index contributed by atoms with van der Waals surface area (Å²) in [5, 5.41) is 0. The lowest BCUT2D eigenvalue weighted by Crippen LogP contribution is -2.10. The summed E-state index contributed by atoms with van der Waals surface area (Å²) in [6, 6.07) is 0. The monoisotopic (exact) mass is 143 g/mol. The van der Waals surface area contributed by atoms with Crippen LogP contribution in [0.5, 0.6) is 0 Å². The van der Waals surface area contributed by atoms with Crippen molar-refractivity contribution in [1.29, 1.82) is 0 Å². The van der Waals surface area contributed by atoms with Gasteiger partial charge in [-0.1, -0.05) is 0 Å². The van der Waals surface area contributed by atoms with E-state index < -0.39 is 7.82 Å². The van der Waals surface area contributed by atoms with Gasteiger partial charge >= 0.3 is 7.82 Å². The van der Waals surface area contributed by atoms with Gasteiger partial charge in [0.2, 0.25) is 0 Å². The zero-order valence-electron chi connectivity index (χ0n) is 3.81. The van der Waals surface area contributed by atoms with E-state index >= 15 is 0 Å². The van der Waals surface area contributed by atoms with Crippen LogP contribution in [0.2, 0.25) is 0 Å². The Morgan fingerprint density at radius 3 is 1.25 bits per heavy atom. The van der Waals surface area contributed by atoms with Crippen LogP contribution in [0.1, 0.15) is 0 Å². The van der Waals surface area contributed by atoms with E-state index in [1.165, 1.54) is 0 Å². The van der Waals surface area contributed by atoms with E-state index in [-0.39, 0.29) is 0 Å². The van der Waals surface area contributed by atoms with Crippen molar-refractivity contribution in [1.82, 2.24) is 0 Å². The highest BCUT2D eigenvalue weighted by Gasteiger charge is 2.22. The van der Waals surface area contributed by atoms with Gasteiger partial charge in [0.15, 0.2) is 0 Å². The molecule has 0 amide bonds. The highest BCUT2D eigenvalue weighted by atomic mass is 31.2. The molecule has 0 heterocycles. The number of nitrogens with two attached hydrogens (primary N) is 3. The Bertz CT molecular complexity index is 82.4. The predicted octanol–water partition coefficient (Wildman–Crippen LogP) is -1.23. The summed E-state index contributed by atoms with van der Waals surface area (Å²) in [6.07, 6.45) is 0. The van der Waals surface area contributed by atoms with Crippen LogP contribution in [0.4, 0.5) is 0 Å². The highest BCUT2D eigenvalue weighted by molar-refractivity contribution is 7.48. The molecule has 0 fully saturated rings. The molecule has 0 bridgehead atoms. The Morgan fingerprint density at radius 2 is 1.25 bits per heavy atom. The molecule has 0 atom stereocenters. The number of phosphoric acid groups is 1. The van der Waals surface area contributed by atoms with Gasteiger partial charge in [0.25, 0.3) is 0 Å². The van der Waals surface area contributed by atoms with E-state index in [1.54, 1.807) is 0 Å². The first kappa shape index (κ1) is 7.99. The molecule has 6 N–H and O–H groups in total. The maximum Gasteiger partial charge on any atom is 0.523 e. The second-order valence-corrected chi connectivity index (χ2v) is 2.29. The third-order valence-electron chi connectivity index (χ3n) is 0.387. The summed E-state index contributed by atoms with van der Waals surface area (Å²) in [4.78, 5) is 0. The number of hydrogen-bond acceptors (Lipinski definition) is 7. The molecule has 0 aromatic heterocycles. The first-order valence-corrected chi connectivity index (χ1v) is 2.90. The fourth-order valence-electron chi connectivity index (χ4n) is 0.0745. The maximum atomic E-state index is 10.3. The second kappa shape index (κ2) is 3.10. The lowest BCUT2D eigenvalue weighted by molar-refractivity contribution is 0.115. The van der Waals surface area contributed by atoms with E-state index in [9.17, 15) is 4.57 Å². The van der Waals surface area contributed by atoms with Crippen molar-refractivity contribution < 1.29 is 18.4 Å². The van der Waals surface area contributed by atoms with Crippen LogP contribution < -0.4 is 17.7 Å². The zero-order chi connectivity index (χ0) is 6.62. The summed E-state index contributed by atoms with van der Waals surface area (Å²) in [5.41, 5.74) is 0.